The van der Waals surface area contributed by atoms with Gasteiger partial charge in [0.15, 0.2) is 5.96 Å². The first-order chi connectivity index (χ1) is 9.69. The zero-order valence-electron chi connectivity index (χ0n) is 12.5. The summed E-state index contributed by atoms with van der Waals surface area (Å²) in [7, 11) is 1.73. The van der Waals surface area contributed by atoms with E-state index >= 15 is 0 Å². The standard InChI is InChI=1S/C13H20N6O.HI/c1-10-11(2)20-12(18-10)8-17-13(14-3)16-5-7-19-6-4-15-9-19;/h4,6,9H,5,7-8H2,1-3H3,(H2,14,16,17);1H. The summed E-state index contributed by atoms with van der Waals surface area (Å²) < 4.78 is 7.50. The summed E-state index contributed by atoms with van der Waals surface area (Å²) in [5.74, 6) is 2.24. The Hall–Kier alpha value is -1.58. The predicted molar refractivity (Wildman–Crippen MR) is 91.8 cm³/mol. The van der Waals surface area contributed by atoms with Gasteiger partial charge in [-0.2, -0.15) is 0 Å². The molecule has 0 aliphatic carbocycles. The van der Waals surface area contributed by atoms with E-state index in [1.807, 2.05) is 24.6 Å². The van der Waals surface area contributed by atoms with Crippen LogP contribution in [0.2, 0.25) is 0 Å². The molecule has 7 nitrogen and oxygen atoms in total. The molecule has 0 aliphatic rings. The van der Waals surface area contributed by atoms with Gasteiger partial charge in [-0.1, -0.05) is 0 Å². The maximum absolute atomic E-state index is 5.50. The Bertz CT molecular complexity index is 544. The molecule has 116 valence electrons. The van der Waals surface area contributed by atoms with Crippen molar-refractivity contribution < 1.29 is 4.42 Å². The molecule has 0 saturated heterocycles. The van der Waals surface area contributed by atoms with Crippen LogP contribution in [0.1, 0.15) is 17.3 Å². The molecular weight excluding hydrogens is 383 g/mol. The molecule has 0 atom stereocenters. The van der Waals surface area contributed by atoms with E-state index in [2.05, 4.69) is 25.6 Å². The molecule has 0 saturated carbocycles. The number of nitrogens with zero attached hydrogens (tertiary/aromatic N) is 4. The Balaban J connectivity index is 0.00000220. The fraction of sp³-hybridized carbons (Fsp3) is 0.462. The second kappa shape index (κ2) is 8.65. The molecule has 0 radical (unpaired) electrons. The third-order valence-electron chi connectivity index (χ3n) is 2.93. The van der Waals surface area contributed by atoms with Crippen molar-refractivity contribution in [3.63, 3.8) is 0 Å². The van der Waals surface area contributed by atoms with E-state index in [4.69, 9.17) is 4.42 Å². The van der Waals surface area contributed by atoms with Gasteiger partial charge in [0.1, 0.15) is 5.76 Å². The van der Waals surface area contributed by atoms with E-state index < -0.39 is 0 Å². The highest BCUT2D eigenvalue weighted by atomic mass is 127. The van der Waals surface area contributed by atoms with Gasteiger partial charge in [0, 0.05) is 32.5 Å². The van der Waals surface area contributed by atoms with Gasteiger partial charge >= 0.3 is 0 Å². The average molecular weight is 404 g/mol. The highest BCUT2D eigenvalue weighted by Gasteiger charge is 2.06. The molecule has 2 aromatic rings. The molecule has 0 unspecified atom stereocenters. The van der Waals surface area contributed by atoms with Gasteiger partial charge in [0.2, 0.25) is 5.89 Å². The van der Waals surface area contributed by atoms with Gasteiger partial charge in [-0.15, -0.1) is 24.0 Å². The lowest BCUT2D eigenvalue weighted by molar-refractivity contribution is 0.463. The van der Waals surface area contributed by atoms with E-state index in [0.29, 0.717) is 12.4 Å². The summed E-state index contributed by atoms with van der Waals surface area (Å²) in [4.78, 5) is 12.5. The zero-order valence-corrected chi connectivity index (χ0v) is 14.8. The molecule has 2 aromatic heterocycles. The molecule has 2 rings (SSSR count). The van der Waals surface area contributed by atoms with Crippen molar-refractivity contribution in [3.8, 4) is 0 Å². The van der Waals surface area contributed by atoms with Gasteiger partial charge in [-0.3, -0.25) is 4.99 Å². The smallest absolute Gasteiger partial charge is 0.214 e. The second-order valence-corrected chi connectivity index (χ2v) is 4.40. The van der Waals surface area contributed by atoms with Gasteiger partial charge < -0.3 is 19.6 Å². The normalized spacial score (nSPS) is 11.1. The monoisotopic (exact) mass is 404 g/mol. The minimum absolute atomic E-state index is 0. The van der Waals surface area contributed by atoms with Gasteiger partial charge in [0.05, 0.1) is 18.6 Å². The summed E-state index contributed by atoms with van der Waals surface area (Å²) in [6.45, 7) is 5.95. The summed E-state index contributed by atoms with van der Waals surface area (Å²) in [5.41, 5.74) is 0.921. The number of oxazole rings is 1. The Morgan fingerprint density at radius 2 is 2.19 bits per heavy atom. The molecule has 0 bridgehead atoms. The number of hydrogen-bond acceptors (Lipinski definition) is 4. The minimum Gasteiger partial charge on any atom is -0.444 e. The van der Waals surface area contributed by atoms with E-state index in [0.717, 1.165) is 30.5 Å². The quantitative estimate of drug-likeness (QED) is 0.448. The Morgan fingerprint density at radius 1 is 1.38 bits per heavy atom. The predicted octanol–water partition coefficient (Wildman–Crippen LogP) is 1.47. The molecular formula is C13H21IN6O. The maximum atomic E-state index is 5.50. The van der Waals surface area contributed by atoms with Gasteiger partial charge in [-0.05, 0) is 13.8 Å². The number of nitrogens with one attached hydrogen (secondary N) is 2. The first-order valence-electron chi connectivity index (χ1n) is 6.52. The average Bonchev–Trinajstić information content (AvgIpc) is 3.05. The molecule has 0 aliphatic heterocycles. The third kappa shape index (κ3) is 5.37. The van der Waals surface area contributed by atoms with Crippen LogP contribution in [0.4, 0.5) is 0 Å². The number of imidazole rings is 1. The summed E-state index contributed by atoms with van der Waals surface area (Å²) in [6, 6.07) is 0. The molecule has 0 spiro atoms. The van der Waals surface area contributed by atoms with Crippen LogP contribution in [-0.2, 0) is 13.1 Å². The molecule has 0 aromatic carbocycles. The fourth-order valence-corrected chi connectivity index (χ4v) is 1.72. The van der Waals surface area contributed by atoms with Crippen molar-refractivity contribution >= 4 is 29.9 Å². The number of aromatic nitrogens is 3. The molecule has 0 amide bonds. The first kappa shape index (κ1) is 17.5. The number of halogens is 1. The van der Waals surface area contributed by atoms with Crippen molar-refractivity contribution in [2.24, 2.45) is 4.99 Å². The van der Waals surface area contributed by atoms with Crippen LogP contribution in [-0.4, -0.2) is 34.1 Å². The molecule has 8 heteroatoms. The Morgan fingerprint density at radius 3 is 2.76 bits per heavy atom. The van der Waals surface area contributed by atoms with Gasteiger partial charge in [-0.25, -0.2) is 9.97 Å². The van der Waals surface area contributed by atoms with Gasteiger partial charge in [0.25, 0.3) is 0 Å². The zero-order chi connectivity index (χ0) is 14.4. The van der Waals surface area contributed by atoms with Crippen LogP contribution >= 0.6 is 24.0 Å². The number of aliphatic imine (C=N–C) groups is 1. The summed E-state index contributed by atoms with van der Waals surface area (Å²) in [6.07, 6.45) is 5.48. The van der Waals surface area contributed by atoms with E-state index in [1.165, 1.54) is 0 Å². The third-order valence-corrected chi connectivity index (χ3v) is 2.93. The lowest BCUT2D eigenvalue weighted by Crippen LogP contribution is -2.38. The fourth-order valence-electron chi connectivity index (χ4n) is 1.72. The lowest BCUT2D eigenvalue weighted by Gasteiger charge is -2.10. The van der Waals surface area contributed by atoms with Crippen molar-refractivity contribution in [1.82, 2.24) is 25.2 Å². The molecule has 21 heavy (non-hydrogen) atoms. The summed E-state index contributed by atoms with van der Waals surface area (Å²) >= 11 is 0. The largest absolute Gasteiger partial charge is 0.444 e. The van der Waals surface area contributed by atoms with E-state index in [9.17, 15) is 0 Å². The first-order valence-corrected chi connectivity index (χ1v) is 6.52. The van der Waals surface area contributed by atoms with Crippen LogP contribution in [0, 0.1) is 13.8 Å². The lowest BCUT2D eigenvalue weighted by atomic mass is 10.4. The van der Waals surface area contributed by atoms with Crippen molar-refractivity contribution in [2.45, 2.75) is 26.9 Å². The maximum Gasteiger partial charge on any atom is 0.214 e. The minimum atomic E-state index is 0. The highest BCUT2D eigenvalue weighted by molar-refractivity contribution is 14.0. The Labute approximate surface area is 141 Å². The highest BCUT2D eigenvalue weighted by Crippen LogP contribution is 2.07. The van der Waals surface area contributed by atoms with Crippen LogP contribution < -0.4 is 10.6 Å². The van der Waals surface area contributed by atoms with Crippen LogP contribution in [0.25, 0.3) is 0 Å². The SMILES string of the molecule is CN=C(NCCn1ccnc1)NCc1nc(C)c(C)o1.I. The molecule has 2 heterocycles. The number of hydrogen-bond donors (Lipinski definition) is 2. The van der Waals surface area contributed by atoms with Crippen molar-refractivity contribution in [3.05, 3.63) is 36.1 Å². The van der Waals surface area contributed by atoms with Crippen molar-refractivity contribution in [1.29, 1.82) is 0 Å². The topological polar surface area (TPSA) is 80.3 Å². The molecule has 2 N–H and O–H groups in total. The van der Waals surface area contributed by atoms with Crippen LogP contribution in [0.3, 0.4) is 0 Å². The van der Waals surface area contributed by atoms with Crippen LogP contribution in [0.5, 0.6) is 0 Å². The van der Waals surface area contributed by atoms with E-state index in [-0.39, 0.29) is 24.0 Å². The summed E-state index contributed by atoms with van der Waals surface area (Å²) in [5, 5.41) is 6.38. The second-order valence-electron chi connectivity index (χ2n) is 4.40. The number of rotatable bonds is 5. The van der Waals surface area contributed by atoms with E-state index in [1.54, 1.807) is 19.6 Å². The number of guanidine groups is 1. The molecule has 0 fully saturated rings. The van der Waals surface area contributed by atoms with Crippen LogP contribution in [0.15, 0.2) is 28.1 Å². The number of aryl methyl sites for hydroxylation is 2. The Kier molecular flexibility index (Phi) is 7.20. The van der Waals surface area contributed by atoms with Crippen molar-refractivity contribution in [2.75, 3.05) is 13.6 Å².